The van der Waals surface area contributed by atoms with Gasteiger partial charge in [0.1, 0.15) is 11.6 Å². The van der Waals surface area contributed by atoms with Gasteiger partial charge in [-0.25, -0.2) is 0 Å². The normalized spacial score (nSPS) is 15.2. The number of allylic oxidation sites excluding steroid dienone is 1. The van der Waals surface area contributed by atoms with Gasteiger partial charge in [-0.3, -0.25) is 28.9 Å². The third kappa shape index (κ3) is 76.6. The number of hydrogen-bond acceptors (Lipinski definition) is 11. The van der Waals surface area contributed by atoms with Crippen molar-refractivity contribution < 1.29 is 43.3 Å². The zero-order valence-corrected chi connectivity index (χ0v) is 57.4. The Morgan fingerprint density at radius 3 is 1.43 bits per heavy atom. The molecule has 1 saturated carbocycles. The van der Waals surface area contributed by atoms with Crippen LogP contribution in [0.25, 0.3) is 0 Å². The summed E-state index contributed by atoms with van der Waals surface area (Å²) in [6.07, 6.45) is 45.7. The van der Waals surface area contributed by atoms with Gasteiger partial charge in [-0.2, -0.15) is 0 Å². The number of ketones is 4. The molecule has 0 aromatic carbocycles. The van der Waals surface area contributed by atoms with Crippen LogP contribution in [-0.2, 0) is 38.2 Å². The molecule has 1 saturated heterocycles. The Balaban J connectivity index is -0.000000180. The molecule has 1 N–H and O–H groups in total. The highest BCUT2D eigenvalue weighted by Gasteiger charge is 2.23. The van der Waals surface area contributed by atoms with E-state index in [1.807, 2.05) is 20.8 Å². The van der Waals surface area contributed by atoms with Crippen LogP contribution in [0.4, 0.5) is 0 Å². The van der Waals surface area contributed by atoms with Crippen molar-refractivity contribution in [2.45, 2.75) is 322 Å². The number of aliphatic hydroxyl groups excluding tert-OH is 1. The molecule has 2 aliphatic rings. The standard InChI is InChI=1S/C18H29NO3.C18H30O4.C10H18O.C9H20.C8H17N.C8H18O.C2H6.2CH4/c1-4-7-9-10-11-12-14-22-18(21)16-19(13-8-5-2)15-17(20)6-3;1-4-6-7-8-9-10-11-22-18(21)14-16(12-15(3)19)13-17(20)5-2;1-3-10(11)9-6-4-5-8(2)7-9;1-3-5-7-9-8-6-4-2;1-8-4-3-6-9(2)7-5-8;1-2-3-4-5-6-7-8-9;1-2;;/h6,8H,2-4,7,9-16H2,1H3;5,16H,2,4,6-14H2,1,3H3;8-9H,3-7H2,1-2H3;3-9H2,1-2H3;8H,3-7H2,1-2H3;9H,2-8H2,1H3;1-2H3;2*1H4. The zero-order valence-electron chi connectivity index (χ0n) is 57.4. The monoisotopic (exact) mass is 1220 g/mol. The number of nitrogens with zero attached hydrogens (tertiary/aromatic N) is 2. The Kier molecular flexibility index (Phi) is 86.7. The van der Waals surface area contributed by atoms with Gasteiger partial charge in [0.25, 0.3) is 0 Å². The van der Waals surface area contributed by atoms with Crippen LogP contribution in [-0.4, -0.2) is 110 Å². The first-order chi connectivity index (χ1) is 40.5. The van der Waals surface area contributed by atoms with E-state index in [1.165, 1.54) is 193 Å². The fourth-order valence-electron chi connectivity index (χ4n) is 9.66. The van der Waals surface area contributed by atoms with Gasteiger partial charge in [-0.15, -0.1) is 5.73 Å². The average Bonchev–Trinajstić information content (AvgIpc) is 3.72. The molecule has 1 aliphatic carbocycles. The number of carbonyl (C=O) groups is 6. The average molecular weight is 1220 g/mol. The van der Waals surface area contributed by atoms with Crippen molar-refractivity contribution in [3.05, 3.63) is 43.7 Å². The smallest absolute Gasteiger partial charge is 0.320 e. The van der Waals surface area contributed by atoms with Crippen LogP contribution in [0.3, 0.4) is 0 Å². The maximum Gasteiger partial charge on any atom is 0.320 e. The zero-order chi connectivity index (χ0) is 64.3. The largest absolute Gasteiger partial charge is 0.466 e. The highest BCUT2D eigenvalue weighted by Crippen LogP contribution is 2.29. The van der Waals surface area contributed by atoms with Crippen LogP contribution in [0.5, 0.6) is 0 Å². The Hall–Kier alpha value is -3.50. The lowest BCUT2D eigenvalue weighted by atomic mass is 9.80. The SMILES string of the molecule is C.C.C=C=CCN(CC(=O)C=C)CC(=O)OCCCCCCCC.C=CC(=O)CC(CC(C)=O)CC(=O)OCCCCCCCC.CC.CC1CCCN(C)CC1.CCC(=O)C1CCCC(C)C1.CCCCCCCCC.CCCCCCCCO. The van der Waals surface area contributed by atoms with Crippen LogP contribution in [0.15, 0.2) is 43.7 Å². The molecule has 86 heavy (non-hydrogen) atoms. The van der Waals surface area contributed by atoms with Crippen LogP contribution < -0.4 is 0 Å². The lowest BCUT2D eigenvalue weighted by molar-refractivity contribution is -0.146. The van der Waals surface area contributed by atoms with E-state index in [1.54, 1.807) is 11.0 Å². The number of ether oxygens (including phenoxy) is 2. The number of rotatable bonds is 42. The summed E-state index contributed by atoms with van der Waals surface area (Å²) >= 11 is 0. The first kappa shape index (κ1) is 96.1. The van der Waals surface area contributed by atoms with Crippen LogP contribution in [0.2, 0.25) is 0 Å². The number of aliphatic hydroxyl groups is 1. The number of Topliss-reactive ketones (excluding diaryl/α,β-unsaturated/α-hetero) is 2. The quantitative estimate of drug-likeness (QED) is 0.0270. The molecule has 510 valence electrons. The minimum atomic E-state index is -0.323. The van der Waals surface area contributed by atoms with Gasteiger partial charge in [0.2, 0.25) is 0 Å². The molecule has 2 fully saturated rings. The highest BCUT2D eigenvalue weighted by atomic mass is 16.5. The molecule has 0 radical (unpaired) electrons. The molecule has 11 nitrogen and oxygen atoms in total. The first-order valence-electron chi connectivity index (χ1n) is 34.5. The number of likely N-dealkylation sites (tertiary alicyclic amines) is 1. The van der Waals surface area contributed by atoms with Crippen molar-refractivity contribution in [1.82, 2.24) is 9.80 Å². The molecular weight excluding hydrogens is 1070 g/mol. The fraction of sp³-hybridized carbons (Fsp3) is 0.827. The second kappa shape index (κ2) is 77.6. The Morgan fingerprint density at radius 1 is 0.570 bits per heavy atom. The number of carbonyl (C=O) groups excluding carboxylic acids is 6. The summed E-state index contributed by atoms with van der Waals surface area (Å²) in [6.45, 7) is 38.0. The van der Waals surface area contributed by atoms with Crippen molar-refractivity contribution in [3.8, 4) is 0 Å². The summed E-state index contributed by atoms with van der Waals surface area (Å²) < 4.78 is 10.4. The molecule has 0 spiro atoms. The van der Waals surface area contributed by atoms with Gasteiger partial charge in [-0.05, 0) is 114 Å². The molecule has 1 heterocycles. The predicted molar refractivity (Wildman–Crippen MR) is 373 cm³/mol. The van der Waals surface area contributed by atoms with Gasteiger partial charge in [0, 0.05) is 44.8 Å². The molecular formula is C75H146N2O9. The minimum Gasteiger partial charge on any atom is -0.466 e. The fourth-order valence-corrected chi connectivity index (χ4v) is 9.66. The van der Waals surface area contributed by atoms with E-state index in [2.05, 4.69) is 85.9 Å². The molecule has 11 heteroatoms. The van der Waals surface area contributed by atoms with Gasteiger partial charge < -0.3 is 24.3 Å². The molecule has 0 amide bonds. The third-order valence-electron chi connectivity index (χ3n) is 14.9. The minimum absolute atomic E-state index is 0. The van der Waals surface area contributed by atoms with E-state index >= 15 is 0 Å². The lowest BCUT2D eigenvalue weighted by Crippen LogP contribution is -2.35. The first-order valence-corrected chi connectivity index (χ1v) is 34.5. The molecule has 1 aliphatic heterocycles. The predicted octanol–water partition coefficient (Wildman–Crippen LogP) is 20.2. The van der Waals surface area contributed by atoms with E-state index in [0.717, 1.165) is 63.2 Å². The molecule has 4 unspecified atom stereocenters. The highest BCUT2D eigenvalue weighted by molar-refractivity contribution is 5.91. The molecule has 2 rings (SSSR count). The second-order valence-corrected chi connectivity index (χ2v) is 23.5. The van der Waals surface area contributed by atoms with Crippen molar-refractivity contribution in [2.24, 2.45) is 23.7 Å². The maximum atomic E-state index is 11.8. The lowest BCUT2D eigenvalue weighted by Gasteiger charge is -2.25. The van der Waals surface area contributed by atoms with Gasteiger partial charge in [0.05, 0.1) is 26.3 Å². The van der Waals surface area contributed by atoms with Crippen molar-refractivity contribution in [3.63, 3.8) is 0 Å². The number of unbranched alkanes of at least 4 members (excludes halogenated alkanes) is 21. The summed E-state index contributed by atoms with van der Waals surface area (Å²) in [6, 6.07) is 0. The van der Waals surface area contributed by atoms with E-state index in [9.17, 15) is 28.8 Å². The Morgan fingerprint density at radius 2 is 1.01 bits per heavy atom. The Labute approximate surface area is 535 Å². The summed E-state index contributed by atoms with van der Waals surface area (Å²) in [5, 5.41) is 8.42. The Bertz CT molecular complexity index is 1480. The van der Waals surface area contributed by atoms with Gasteiger partial charge in [0.15, 0.2) is 11.6 Å². The molecule has 0 bridgehead atoms. The van der Waals surface area contributed by atoms with E-state index in [0.29, 0.717) is 38.1 Å². The van der Waals surface area contributed by atoms with E-state index in [-0.39, 0.29) is 82.4 Å². The maximum absolute atomic E-state index is 11.8. The van der Waals surface area contributed by atoms with Gasteiger partial charge in [-0.1, -0.05) is 258 Å². The molecule has 0 aromatic rings. The number of hydrogen-bond donors (Lipinski definition) is 1. The van der Waals surface area contributed by atoms with Crippen molar-refractivity contribution in [2.75, 3.05) is 59.6 Å². The van der Waals surface area contributed by atoms with Crippen molar-refractivity contribution in [1.29, 1.82) is 0 Å². The van der Waals surface area contributed by atoms with Crippen molar-refractivity contribution >= 4 is 35.1 Å². The number of esters is 2. The molecule has 4 atom stereocenters. The van der Waals surface area contributed by atoms with Gasteiger partial charge >= 0.3 is 11.9 Å². The molecule has 0 aromatic heterocycles. The van der Waals surface area contributed by atoms with Crippen LogP contribution in [0.1, 0.15) is 322 Å². The second-order valence-electron chi connectivity index (χ2n) is 23.5. The van der Waals surface area contributed by atoms with Crippen LogP contribution in [0, 0.1) is 23.7 Å². The summed E-state index contributed by atoms with van der Waals surface area (Å²) in [4.78, 5) is 73.0. The topological polar surface area (TPSA) is 148 Å². The summed E-state index contributed by atoms with van der Waals surface area (Å²) in [7, 11) is 2.22. The van der Waals surface area contributed by atoms with Crippen LogP contribution >= 0.6 is 0 Å². The van der Waals surface area contributed by atoms with E-state index in [4.69, 9.17) is 14.6 Å². The summed E-state index contributed by atoms with van der Waals surface area (Å²) in [5.74, 6) is 1.45. The summed E-state index contributed by atoms with van der Waals surface area (Å²) in [5.41, 5.74) is 2.63. The van der Waals surface area contributed by atoms with E-state index < -0.39 is 0 Å². The third-order valence-corrected chi connectivity index (χ3v) is 14.9.